The molecule has 0 N–H and O–H groups in total. The van der Waals surface area contributed by atoms with Gasteiger partial charge in [-0.25, -0.2) is 0 Å². The average molecular weight is 835 g/mol. The van der Waals surface area contributed by atoms with Crippen molar-refractivity contribution in [2.24, 2.45) is 0 Å². The molecule has 6 heteroatoms. The standard InChI is InChI=1S/C53H102O6/c1-4-7-10-13-16-18-20-22-24-25-26-27-29-31-33-35-38-41-44-47-53(56)59-50(48-57-51(54)45-42-39-36-15-12-9-6-3)49-58-52(55)46-43-40-37-34-32-30-28-23-21-19-17-14-11-8-5-2/h50H,4-49H2,1-3H3/t50-/m1/s1. The second-order valence-corrected chi connectivity index (χ2v) is 18.2. The van der Waals surface area contributed by atoms with E-state index >= 15 is 0 Å². The van der Waals surface area contributed by atoms with Crippen LogP contribution >= 0.6 is 0 Å². The number of esters is 3. The number of carbonyl (C=O) groups is 3. The summed E-state index contributed by atoms with van der Waals surface area (Å²) in [5.41, 5.74) is 0. The SMILES string of the molecule is CCCCCCCCCCCCCCCCCCCCCC(=O)O[C@H](COC(=O)CCCCCCCCC)COC(=O)CCCCCCCCCCCCCCCCC. The topological polar surface area (TPSA) is 78.9 Å². The van der Waals surface area contributed by atoms with Gasteiger partial charge in [-0.05, 0) is 19.3 Å². The van der Waals surface area contributed by atoms with Crippen LogP contribution in [0.5, 0.6) is 0 Å². The molecule has 0 saturated carbocycles. The number of unbranched alkanes of at least 4 members (excludes halogenated alkanes) is 38. The van der Waals surface area contributed by atoms with Crippen molar-refractivity contribution >= 4 is 17.9 Å². The fraction of sp³-hybridized carbons (Fsp3) is 0.943. The minimum Gasteiger partial charge on any atom is -0.462 e. The lowest BCUT2D eigenvalue weighted by atomic mass is 10.0. The van der Waals surface area contributed by atoms with Gasteiger partial charge in [0, 0.05) is 19.3 Å². The van der Waals surface area contributed by atoms with E-state index in [0.29, 0.717) is 19.3 Å². The van der Waals surface area contributed by atoms with Gasteiger partial charge in [0.1, 0.15) is 13.2 Å². The Hall–Kier alpha value is -1.59. The average Bonchev–Trinajstić information content (AvgIpc) is 3.23. The van der Waals surface area contributed by atoms with Crippen LogP contribution in [-0.2, 0) is 28.6 Å². The fourth-order valence-corrected chi connectivity index (χ4v) is 8.09. The van der Waals surface area contributed by atoms with E-state index < -0.39 is 6.10 Å². The zero-order valence-corrected chi connectivity index (χ0v) is 40.1. The van der Waals surface area contributed by atoms with Crippen LogP contribution in [0.1, 0.15) is 303 Å². The number of ether oxygens (including phenoxy) is 3. The lowest BCUT2D eigenvalue weighted by molar-refractivity contribution is -0.167. The largest absolute Gasteiger partial charge is 0.462 e. The molecule has 0 heterocycles. The highest BCUT2D eigenvalue weighted by Gasteiger charge is 2.19. The molecule has 59 heavy (non-hydrogen) atoms. The normalized spacial score (nSPS) is 11.8. The van der Waals surface area contributed by atoms with Gasteiger partial charge in [-0.15, -0.1) is 0 Å². The summed E-state index contributed by atoms with van der Waals surface area (Å²) in [6.07, 6.45) is 52.5. The maximum atomic E-state index is 12.8. The van der Waals surface area contributed by atoms with Gasteiger partial charge >= 0.3 is 17.9 Å². The van der Waals surface area contributed by atoms with Gasteiger partial charge in [0.25, 0.3) is 0 Å². The second-order valence-electron chi connectivity index (χ2n) is 18.2. The Labute approximate surface area is 368 Å². The molecule has 0 aromatic carbocycles. The van der Waals surface area contributed by atoms with Crippen molar-refractivity contribution in [2.45, 2.75) is 309 Å². The van der Waals surface area contributed by atoms with Crippen molar-refractivity contribution in [3.05, 3.63) is 0 Å². The smallest absolute Gasteiger partial charge is 0.306 e. The number of rotatable bonds is 49. The Kier molecular flexibility index (Phi) is 47.7. The summed E-state index contributed by atoms with van der Waals surface area (Å²) in [4.78, 5) is 37.8. The molecule has 350 valence electrons. The first-order chi connectivity index (χ1) is 29.0. The molecular weight excluding hydrogens is 733 g/mol. The Bertz CT molecular complexity index is 874. The predicted octanol–water partition coefficient (Wildman–Crippen LogP) is 17.2. The van der Waals surface area contributed by atoms with Crippen LogP contribution in [0, 0.1) is 0 Å². The molecule has 0 unspecified atom stereocenters. The highest BCUT2D eigenvalue weighted by atomic mass is 16.6. The fourth-order valence-electron chi connectivity index (χ4n) is 8.09. The van der Waals surface area contributed by atoms with E-state index in [1.165, 1.54) is 205 Å². The molecule has 0 aromatic rings. The maximum absolute atomic E-state index is 12.8. The summed E-state index contributed by atoms with van der Waals surface area (Å²) >= 11 is 0. The van der Waals surface area contributed by atoms with Crippen LogP contribution in [0.2, 0.25) is 0 Å². The summed E-state index contributed by atoms with van der Waals surface area (Å²) in [6.45, 7) is 6.65. The Morgan fingerprint density at radius 3 is 0.678 bits per heavy atom. The third kappa shape index (κ3) is 47.3. The van der Waals surface area contributed by atoms with Gasteiger partial charge in [0.05, 0.1) is 0 Å². The molecule has 0 aliphatic rings. The lowest BCUT2D eigenvalue weighted by Gasteiger charge is -2.18. The van der Waals surface area contributed by atoms with Gasteiger partial charge in [-0.2, -0.15) is 0 Å². The van der Waals surface area contributed by atoms with Crippen molar-refractivity contribution in [1.29, 1.82) is 0 Å². The highest BCUT2D eigenvalue weighted by Crippen LogP contribution is 2.17. The van der Waals surface area contributed by atoms with Crippen LogP contribution in [0.15, 0.2) is 0 Å². The summed E-state index contributed by atoms with van der Waals surface area (Å²) in [5, 5.41) is 0. The van der Waals surface area contributed by atoms with Crippen molar-refractivity contribution in [2.75, 3.05) is 13.2 Å². The number of carbonyl (C=O) groups excluding carboxylic acids is 3. The molecule has 0 amide bonds. The van der Waals surface area contributed by atoms with Gasteiger partial charge in [0.2, 0.25) is 0 Å². The van der Waals surface area contributed by atoms with E-state index in [4.69, 9.17) is 14.2 Å². The quantitative estimate of drug-likeness (QED) is 0.0345. The Morgan fingerprint density at radius 1 is 0.271 bits per heavy atom. The summed E-state index contributed by atoms with van der Waals surface area (Å²) < 4.78 is 16.8. The van der Waals surface area contributed by atoms with Crippen molar-refractivity contribution in [1.82, 2.24) is 0 Å². The molecule has 0 spiro atoms. The molecule has 0 aromatic heterocycles. The molecular formula is C53H102O6. The summed E-state index contributed by atoms with van der Waals surface area (Å²) in [5.74, 6) is -0.847. The van der Waals surface area contributed by atoms with E-state index in [1.807, 2.05) is 0 Å². The minimum absolute atomic E-state index is 0.0623. The number of hydrogen-bond donors (Lipinski definition) is 0. The van der Waals surface area contributed by atoms with Crippen LogP contribution in [0.4, 0.5) is 0 Å². The minimum atomic E-state index is -0.758. The third-order valence-electron chi connectivity index (χ3n) is 12.1. The molecule has 0 aliphatic carbocycles. The van der Waals surface area contributed by atoms with E-state index in [-0.39, 0.29) is 31.1 Å². The molecule has 0 rings (SSSR count). The maximum Gasteiger partial charge on any atom is 0.306 e. The van der Waals surface area contributed by atoms with Crippen LogP contribution in [-0.4, -0.2) is 37.2 Å². The molecule has 1 atom stereocenters. The van der Waals surface area contributed by atoms with Crippen LogP contribution in [0.25, 0.3) is 0 Å². The highest BCUT2D eigenvalue weighted by molar-refractivity contribution is 5.71. The zero-order chi connectivity index (χ0) is 43.0. The summed E-state index contributed by atoms with van der Waals surface area (Å²) in [7, 11) is 0. The lowest BCUT2D eigenvalue weighted by Crippen LogP contribution is -2.30. The first kappa shape index (κ1) is 57.4. The molecule has 0 saturated heterocycles. The summed E-state index contributed by atoms with van der Waals surface area (Å²) in [6, 6.07) is 0. The van der Waals surface area contributed by atoms with Crippen molar-refractivity contribution < 1.29 is 28.6 Å². The van der Waals surface area contributed by atoms with Gasteiger partial charge in [0.15, 0.2) is 6.10 Å². The molecule has 0 fully saturated rings. The van der Waals surface area contributed by atoms with Crippen LogP contribution in [0.3, 0.4) is 0 Å². The van der Waals surface area contributed by atoms with E-state index in [2.05, 4.69) is 20.8 Å². The second kappa shape index (κ2) is 49.1. The number of hydrogen-bond acceptors (Lipinski definition) is 6. The van der Waals surface area contributed by atoms with Crippen molar-refractivity contribution in [3.8, 4) is 0 Å². The van der Waals surface area contributed by atoms with Gasteiger partial charge in [-0.3, -0.25) is 14.4 Å². The van der Waals surface area contributed by atoms with E-state index in [0.717, 1.165) is 57.8 Å². The molecule has 0 bridgehead atoms. The zero-order valence-electron chi connectivity index (χ0n) is 40.1. The predicted molar refractivity (Wildman–Crippen MR) is 252 cm³/mol. The van der Waals surface area contributed by atoms with Crippen molar-refractivity contribution in [3.63, 3.8) is 0 Å². The molecule has 0 aliphatic heterocycles. The van der Waals surface area contributed by atoms with E-state index in [9.17, 15) is 14.4 Å². The first-order valence-electron chi connectivity index (χ1n) is 26.5. The monoisotopic (exact) mass is 835 g/mol. The molecule has 6 nitrogen and oxygen atoms in total. The first-order valence-corrected chi connectivity index (χ1v) is 26.5. The third-order valence-corrected chi connectivity index (χ3v) is 12.1. The van der Waals surface area contributed by atoms with Gasteiger partial charge in [-0.1, -0.05) is 265 Å². The molecule has 0 radical (unpaired) electrons. The van der Waals surface area contributed by atoms with E-state index in [1.54, 1.807) is 0 Å². The Morgan fingerprint density at radius 2 is 0.458 bits per heavy atom. The Balaban J connectivity index is 4.17. The van der Waals surface area contributed by atoms with Crippen LogP contribution < -0.4 is 0 Å². The van der Waals surface area contributed by atoms with Gasteiger partial charge < -0.3 is 14.2 Å².